The molecule has 0 amide bonds. The highest BCUT2D eigenvalue weighted by atomic mass is 32.1. The van der Waals surface area contributed by atoms with E-state index in [1.165, 1.54) is 19.5 Å². The van der Waals surface area contributed by atoms with Gasteiger partial charge in [0.05, 0.1) is 10.6 Å². The van der Waals surface area contributed by atoms with E-state index in [2.05, 4.69) is 46.3 Å². The van der Waals surface area contributed by atoms with Crippen LogP contribution in [0.2, 0.25) is 0 Å². The number of aromatic nitrogens is 2. The number of hydrogen-bond acceptors (Lipinski definition) is 5. The number of nitrogens with one attached hydrogen (secondary N) is 1. The van der Waals surface area contributed by atoms with Gasteiger partial charge in [-0.15, -0.1) is 22.7 Å². The third kappa shape index (κ3) is 4.51. The van der Waals surface area contributed by atoms with Gasteiger partial charge in [-0.2, -0.15) is 5.10 Å². The lowest BCUT2D eigenvalue weighted by Gasteiger charge is -2.20. The van der Waals surface area contributed by atoms with Gasteiger partial charge in [-0.25, -0.2) is 0 Å². The molecule has 0 aliphatic rings. The minimum absolute atomic E-state index is 0.240. The summed E-state index contributed by atoms with van der Waals surface area (Å²) in [6, 6.07) is 10.7. The van der Waals surface area contributed by atoms with Gasteiger partial charge in [0.2, 0.25) is 0 Å². The standard InChI is InChI=1S/C17H21N3OS2/c1-13-3-4-14(22-13)11-20(9-2-10-21)12-15-5-6-17(23-15)16-7-8-18-19-16/h3-8,21H,2,9-12H2,1H3,(H,18,19). The summed E-state index contributed by atoms with van der Waals surface area (Å²) in [5.41, 5.74) is 1.07. The van der Waals surface area contributed by atoms with E-state index in [4.69, 9.17) is 5.11 Å². The predicted octanol–water partition coefficient (Wildman–Crippen LogP) is 3.89. The molecule has 0 spiro atoms. The predicted molar refractivity (Wildman–Crippen MR) is 96.8 cm³/mol. The molecule has 3 aromatic rings. The molecular formula is C17H21N3OS2. The third-order valence-corrected chi connectivity index (χ3v) is 5.70. The van der Waals surface area contributed by atoms with E-state index in [0.29, 0.717) is 0 Å². The number of H-pyrrole nitrogens is 1. The summed E-state index contributed by atoms with van der Waals surface area (Å²) >= 11 is 3.65. The molecule has 0 saturated heterocycles. The molecule has 6 heteroatoms. The van der Waals surface area contributed by atoms with E-state index < -0.39 is 0 Å². The maximum atomic E-state index is 9.15. The van der Waals surface area contributed by atoms with Crippen molar-refractivity contribution in [1.82, 2.24) is 15.1 Å². The van der Waals surface area contributed by atoms with E-state index in [-0.39, 0.29) is 6.61 Å². The van der Waals surface area contributed by atoms with Gasteiger partial charge in [0.1, 0.15) is 0 Å². The molecule has 0 atom stereocenters. The fourth-order valence-corrected chi connectivity index (χ4v) is 4.48. The van der Waals surface area contributed by atoms with Gasteiger partial charge in [0, 0.05) is 47.1 Å². The summed E-state index contributed by atoms with van der Waals surface area (Å²) in [6.45, 7) is 5.14. The molecule has 3 rings (SSSR count). The average Bonchev–Trinajstić information content (AvgIpc) is 3.26. The Morgan fingerprint density at radius 2 is 1.87 bits per heavy atom. The second-order valence-corrected chi connectivity index (χ2v) is 8.08. The number of aliphatic hydroxyl groups is 1. The van der Waals surface area contributed by atoms with Gasteiger partial charge in [-0.3, -0.25) is 10.00 Å². The number of hydrogen-bond donors (Lipinski definition) is 2. The van der Waals surface area contributed by atoms with Crippen molar-refractivity contribution >= 4 is 22.7 Å². The van der Waals surface area contributed by atoms with E-state index in [1.54, 1.807) is 17.5 Å². The van der Waals surface area contributed by atoms with Crippen LogP contribution in [-0.4, -0.2) is 33.4 Å². The lowest BCUT2D eigenvalue weighted by molar-refractivity contribution is 0.215. The Labute approximate surface area is 144 Å². The zero-order chi connectivity index (χ0) is 16.1. The van der Waals surface area contributed by atoms with Crippen LogP contribution in [0.15, 0.2) is 36.5 Å². The van der Waals surface area contributed by atoms with Gasteiger partial charge < -0.3 is 5.11 Å². The molecule has 0 aromatic carbocycles. The van der Waals surface area contributed by atoms with Crippen LogP contribution in [0.4, 0.5) is 0 Å². The van der Waals surface area contributed by atoms with Crippen LogP contribution in [0.5, 0.6) is 0 Å². The van der Waals surface area contributed by atoms with Gasteiger partial charge in [0.15, 0.2) is 0 Å². The zero-order valence-corrected chi connectivity index (χ0v) is 14.8. The molecule has 0 saturated carbocycles. The van der Waals surface area contributed by atoms with Crippen LogP contribution in [0, 0.1) is 6.92 Å². The largest absolute Gasteiger partial charge is 0.396 e. The summed E-state index contributed by atoms with van der Waals surface area (Å²) in [5, 5.41) is 16.2. The van der Waals surface area contributed by atoms with Crippen molar-refractivity contribution in [2.24, 2.45) is 0 Å². The minimum atomic E-state index is 0.240. The van der Waals surface area contributed by atoms with E-state index in [1.807, 2.05) is 17.4 Å². The Hall–Kier alpha value is -1.47. The monoisotopic (exact) mass is 347 g/mol. The van der Waals surface area contributed by atoms with Crippen LogP contribution in [0.25, 0.3) is 10.6 Å². The molecule has 0 fully saturated rings. The second kappa shape index (κ2) is 7.88. The number of thiophene rings is 2. The first-order valence-corrected chi connectivity index (χ1v) is 9.35. The second-order valence-electron chi connectivity index (χ2n) is 5.54. The summed E-state index contributed by atoms with van der Waals surface area (Å²) < 4.78 is 0. The molecule has 0 unspecified atom stereocenters. The fourth-order valence-electron chi connectivity index (χ4n) is 2.52. The van der Waals surface area contributed by atoms with Crippen LogP contribution in [-0.2, 0) is 13.1 Å². The van der Waals surface area contributed by atoms with Crippen molar-refractivity contribution in [2.75, 3.05) is 13.2 Å². The molecule has 122 valence electrons. The van der Waals surface area contributed by atoms with Crippen LogP contribution in [0.3, 0.4) is 0 Å². The SMILES string of the molecule is Cc1ccc(CN(CCCO)Cc2ccc(-c3ccn[nH]3)s2)s1. The highest BCUT2D eigenvalue weighted by molar-refractivity contribution is 7.15. The first-order chi connectivity index (χ1) is 11.2. The van der Waals surface area contributed by atoms with Gasteiger partial charge in [-0.1, -0.05) is 0 Å². The molecule has 23 heavy (non-hydrogen) atoms. The first kappa shape index (κ1) is 16.4. The lowest BCUT2D eigenvalue weighted by atomic mass is 10.3. The molecule has 3 aromatic heterocycles. The average molecular weight is 348 g/mol. The highest BCUT2D eigenvalue weighted by Crippen LogP contribution is 2.28. The van der Waals surface area contributed by atoms with Crippen molar-refractivity contribution in [3.8, 4) is 10.6 Å². The van der Waals surface area contributed by atoms with Crippen molar-refractivity contribution in [2.45, 2.75) is 26.4 Å². The number of aryl methyl sites for hydroxylation is 1. The fraction of sp³-hybridized carbons (Fsp3) is 0.353. The Morgan fingerprint density at radius 3 is 2.52 bits per heavy atom. The summed E-state index contributed by atoms with van der Waals surface area (Å²) in [7, 11) is 0. The van der Waals surface area contributed by atoms with Crippen molar-refractivity contribution < 1.29 is 5.11 Å². The molecule has 0 bridgehead atoms. The van der Waals surface area contributed by atoms with E-state index >= 15 is 0 Å². The zero-order valence-electron chi connectivity index (χ0n) is 13.2. The molecule has 2 N–H and O–H groups in total. The van der Waals surface area contributed by atoms with E-state index in [9.17, 15) is 0 Å². The van der Waals surface area contributed by atoms with Gasteiger partial charge in [0.25, 0.3) is 0 Å². The third-order valence-electron chi connectivity index (χ3n) is 3.62. The molecular weight excluding hydrogens is 326 g/mol. The maximum Gasteiger partial charge on any atom is 0.0749 e. The first-order valence-electron chi connectivity index (χ1n) is 7.71. The number of nitrogens with zero attached hydrogens (tertiary/aromatic N) is 2. The quantitative estimate of drug-likeness (QED) is 0.650. The van der Waals surface area contributed by atoms with Crippen molar-refractivity contribution in [1.29, 1.82) is 0 Å². The Kier molecular flexibility index (Phi) is 5.61. The summed E-state index contributed by atoms with van der Waals surface area (Å²) in [5.74, 6) is 0. The normalized spacial score (nSPS) is 11.4. The number of aliphatic hydroxyl groups excluding tert-OH is 1. The van der Waals surface area contributed by atoms with Crippen molar-refractivity contribution in [3.63, 3.8) is 0 Å². The molecule has 0 aliphatic heterocycles. The van der Waals surface area contributed by atoms with Crippen LogP contribution in [0.1, 0.15) is 21.1 Å². The topological polar surface area (TPSA) is 52.1 Å². The van der Waals surface area contributed by atoms with Crippen LogP contribution < -0.4 is 0 Å². The Balaban J connectivity index is 1.67. The Morgan fingerprint density at radius 1 is 1.09 bits per heavy atom. The lowest BCUT2D eigenvalue weighted by Crippen LogP contribution is -2.23. The van der Waals surface area contributed by atoms with Gasteiger partial charge >= 0.3 is 0 Å². The molecule has 0 radical (unpaired) electrons. The highest BCUT2D eigenvalue weighted by Gasteiger charge is 2.11. The number of aromatic amines is 1. The summed E-state index contributed by atoms with van der Waals surface area (Å²) in [6.07, 6.45) is 2.59. The van der Waals surface area contributed by atoms with Crippen LogP contribution >= 0.6 is 22.7 Å². The number of rotatable bonds is 8. The smallest absolute Gasteiger partial charge is 0.0749 e. The van der Waals surface area contributed by atoms with E-state index in [0.717, 1.165) is 31.7 Å². The molecule has 3 heterocycles. The Bertz CT molecular complexity index is 718. The minimum Gasteiger partial charge on any atom is -0.396 e. The molecule has 4 nitrogen and oxygen atoms in total. The maximum absolute atomic E-state index is 9.15. The molecule has 0 aliphatic carbocycles. The van der Waals surface area contributed by atoms with Gasteiger partial charge in [-0.05, 0) is 43.7 Å². The van der Waals surface area contributed by atoms with Crippen molar-refractivity contribution in [3.05, 3.63) is 51.2 Å². The summed E-state index contributed by atoms with van der Waals surface area (Å²) in [4.78, 5) is 7.68.